The Morgan fingerprint density at radius 1 is 1.32 bits per heavy atom. The van der Waals surface area contributed by atoms with Gasteiger partial charge >= 0.3 is 0 Å². The largest absolute Gasteiger partial charge is 0.368 e. The second kappa shape index (κ2) is 5.54. The first kappa shape index (κ1) is 13.0. The maximum Gasteiger partial charge on any atom is 0.0404 e. The minimum Gasteiger partial charge on any atom is -0.368 e. The van der Waals surface area contributed by atoms with Crippen LogP contribution < -0.4 is 10.6 Å². The molecule has 3 rings (SSSR count). The Morgan fingerprint density at radius 3 is 2.79 bits per heavy atom. The SMILES string of the molecule is CC(CC1CCC1)N1CC(CCN)c2ccccc21. The lowest BCUT2D eigenvalue weighted by atomic mass is 9.81. The number of hydrogen-bond acceptors (Lipinski definition) is 2. The van der Waals surface area contributed by atoms with Gasteiger partial charge in [-0.25, -0.2) is 0 Å². The van der Waals surface area contributed by atoms with Crippen LogP contribution in [0.15, 0.2) is 24.3 Å². The van der Waals surface area contributed by atoms with Crippen molar-refractivity contribution in [2.75, 3.05) is 18.0 Å². The lowest BCUT2D eigenvalue weighted by Gasteiger charge is -2.34. The predicted molar refractivity (Wildman–Crippen MR) is 81.6 cm³/mol. The molecule has 2 atom stereocenters. The molecule has 2 unspecified atom stereocenters. The summed E-state index contributed by atoms with van der Waals surface area (Å²) in [7, 11) is 0. The Kier molecular flexibility index (Phi) is 3.79. The van der Waals surface area contributed by atoms with E-state index >= 15 is 0 Å². The van der Waals surface area contributed by atoms with Crippen molar-refractivity contribution in [2.45, 2.75) is 51.0 Å². The summed E-state index contributed by atoms with van der Waals surface area (Å²) in [6, 6.07) is 9.61. The molecule has 1 fully saturated rings. The average Bonchev–Trinajstić information content (AvgIpc) is 2.74. The van der Waals surface area contributed by atoms with E-state index in [4.69, 9.17) is 5.73 Å². The molecular weight excluding hydrogens is 232 g/mol. The molecule has 1 aromatic rings. The van der Waals surface area contributed by atoms with Crippen LogP contribution in [0.3, 0.4) is 0 Å². The van der Waals surface area contributed by atoms with Gasteiger partial charge in [0.2, 0.25) is 0 Å². The summed E-state index contributed by atoms with van der Waals surface area (Å²) in [6.07, 6.45) is 6.83. The van der Waals surface area contributed by atoms with Crippen LogP contribution in [-0.4, -0.2) is 19.1 Å². The summed E-state index contributed by atoms with van der Waals surface area (Å²) in [4.78, 5) is 2.63. The van der Waals surface area contributed by atoms with Crippen molar-refractivity contribution in [3.63, 3.8) is 0 Å². The molecule has 2 nitrogen and oxygen atoms in total. The van der Waals surface area contributed by atoms with Crippen LogP contribution in [0, 0.1) is 5.92 Å². The second-order valence-corrected chi connectivity index (χ2v) is 6.37. The summed E-state index contributed by atoms with van der Waals surface area (Å²) >= 11 is 0. The Bertz CT molecular complexity index is 425. The molecule has 2 heteroatoms. The lowest BCUT2D eigenvalue weighted by Crippen LogP contribution is -2.35. The highest BCUT2D eigenvalue weighted by atomic mass is 15.2. The predicted octanol–water partition coefficient (Wildman–Crippen LogP) is 3.52. The average molecular weight is 258 g/mol. The van der Waals surface area contributed by atoms with E-state index in [0.29, 0.717) is 12.0 Å². The monoisotopic (exact) mass is 258 g/mol. The van der Waals surface area contributed by atoms with Gasteiger partial charge in [0.25, 0.3) is 0 Å². The minimum atomic E-state index is 0.644. The van der Waals surface area contributed by atoms with E-state index in [0.717, 1.165) is 18.9 Å². The van der Waals surface area contributed by atoms with E-state index in [1.807, 2.05) is 0 Å². The van der Waals surface area contributed by atoms with Gasteiger partial charge in [-0.3, -0.25) is 0 Å². The number of hydrogen-bond donors (Lipinski definition) is 1. The number of anilines is 1. The zero-order valence-corrected chi connectivity index (χ0v) is 12.0. The van der Waals surface area contributed by atoms with Crippen molar-refractivity contribution in [2.24, 2.45) is 11.7 Å². The summed E-state index contributed by atoms with van der Waals surface area (Å²) in [5.74, 6) is 1.63. The molecule has 0 radical (unpaired) electrons. The fraction of sp³-hybridized carbons (Fsp3) is 0.647. The van der Waals surface area contributed by atoms with Gasteiger partial charge in [0.15, 0.2) is 0 Å². The van der Waals surface area contributed by atoms with Gasteiger partial charge in [0.05, 0.1) is 0 Å². The molecule has 1 aliphatic heterocycles. The van der Waals surface area contributed by atoms with Gasteiger partial charge < -0.3 is 10.6 Å². The van der Waals surface area contributed by atoms with Crippen LogP contribution in [0.2, 0.25) is 0 Å². The quantitative estimate of drug-likeness (QED) is 0.875. The molecule has 0 aromatic heterocycles. The molecule has 0 amide bonds. The molecule has 1 saturated carbocycles. The molecule has 2 N–H and O–H groups in total. The molecule has 0 spiro atoms. The Hall–Kier alpha value is -1.02. The van der Waals surface area contributed by atoms with Crippen molar-refractivity contribution in [1.82, 2.24) is 0 Å². The first-order valence-electron chi connectivity index (χ1n) is 7.85. The lowest BCUT2D eigenvalue weighted by molar-refractivity contribution is 0.276. The highest BCUT2D eigenvalue weighted by molar-refractivity contribution is 5.60. The van der Waals surface area contributed by atoms with Crippen LogP contribution in [0.25, 0.3) is 0 Å². The number of para-hydroxylation sites is 1. The molecule has 0 saturated heterocycles. The normalized spacial score (nSPS) is 24.1. The van der Waals surface area contributed by atoms with Gasteiger partial charge in [-0.05, 0) is 43.9 Å². The van der Waals surface area contributed by atoms with Crippen LogP contribution in [0.4, 0.5) is 5.69 Å². The first-order valence-corrected chi connectivity index (χ1v) is 7.85. The van der Waals surface area contributed by atoms with Crippen LogP contribution in [0.1, 0.15) is 50.5 Å². The van der Waals surface area contributed by atoms with Crippen molar-refractivity contribution < 1.29 is 0 Å². The molecular formula is C17H26N2. The topological polar surface area (TPSA) is 29.3 Å². The maximum absolute atomic E-state index is 5.78. The third-order valence-electron chi connectivity index (χ3n) is 5.05. The molecule has 1 heterocycles. The molecule has 19 heavy (non-hydrogen) atoms. The van der Waals surface area contributed by atoms with Gasteiger partial charge in [-0.1, -0.05) is 37.5 Å². The summed E-state index contributed by atoms with van der Waals surface area (Å²) in [5, 5.41) is 0. The number of nitrogens with two attached hydrogens (primary N) is 1. The van der Waals surface area contributed by atoms with Crippen LogP contribution >= 0.6 is 0 Å². The maximum atomic E-state index is 5.78. The standard InChI is InChI=1S/C17H26N2/c1-13(11-14-5-4-6-14)19-12-15(9-10-18)16-7-2-3-8-17(16)19/h2-3,7-8,13-15H,4-6,9-12,18H2,1H3. The van der Waals surface area contributed by atoms with Crippen molar-refractivity contribution >= 4 is 5.69 Å². The van der Waals surface area contributed by atoms with Crippen molar-refractivity contribution in [1.29, 1.82) is 0 Å². The zero-order valence-electron chi connectivity index (χ0n) is 12.0. The smallest absolute Gasteiger partial charge is 0.0404 e. The summed E-state index contributed by atoms with van der Waals surface area (Å²) in [5.41, 5.74) is 8.77. The fourth-order valence-electron chi connectivity index (χ4n) is 3.73. The van der Waals surface area contributed by atoms with E-state index in [1.54, 1.807) is 0 Å². The molecule has 1 aromatic carbocycles. The fourth-order valence-corrected chi connectivity index (χ4v) is 3.73. The van der Waals surface area contributed by atoms with E-state index in [1.165, 1.54) is 43.5 Å². The van der Waals surface area contributed by atoms with E-state index < -0.39 is 0 Å². The summed E-state index contributed by atoms with van der Waals surface area (Å²) in [6.45, 7) is 4.37. The van der Waals surface area contributed by atoms with Gasteiger partial charge in [0, 0.05) is 24.2 Å². The van der Waals surface area contributed by atoms with Gasteiger partial charge in [0.1, 0.15) is 0 Å². The van der Waals surface area contributed by atoms with E-state index in [-0.39, 0.29) is 0 Å². The third kappa shape index (κ3) is 2.51. The zero-order chi connectivity index (χ0) is 13.2. The number of fused-ring (bicyclic) bond motifs is 1. The summed E-state index contributed by atoms with van der Waals surface area (Å²) < 4.78 is 0. The highest BCUT2D eigenvalue weighted by Crippen LogP contribution is 2.41. The second-order valence-electron chi connectivity index (χ2n) is 6.37. The number of rotatable bonds is 5. The van der Waals surface area contributed by atoms with E-state index in [2.05, 4.69) is 36.1 Å². The van der Waals surface area contributed by atoms with Crippen LogP contribution in [-0.2, 0) is 0 Å². The molecule has 1 aliphatic carbocycles. The van der Waals surface area contributed by atoms with Gasteiger partial charge in [-0.15, -0.1) is 0 Å². The number of nitrogens with zero attached hydrogens (tertiary/aromatic N) is 1. The first-order chi connectivity index (χ1) is 9.29. The Labute approximate surface area is 117 Å². The van der Waals surface area contributed by atoms with E-state index in [9.17, 15) is 0 Å². The Morgan fingerprint density at radius 2 is 2.11 bits per heavy atom. The molecule has 104 valence electrons. The van der Waals surface area contributed by atoms with Crippen molar-refractivity contribution in [3.05, 3.63) is 29.8 Å². The van der Waals surface area contributed by atoms with Crippen molar-refractivity contribution in [3.8, 4) is 0 Å². The molecule has 2 aliphatic rings. The molecule has 0 bridgehead atoms. The van der Waals surface area contributed by atoms with Gasteiger partial charge in [-0.2, -0.15) is 0 Å². The van der Waals surface area contributed by atoms with Crippen LogP contribution in [0.5, 0.6) is 0 Å². The number of benzene rings is 1. The minimum absolute atomic E-state index is 0.644. The highest BCUT2D eigenvalue weighted by Gasteiger charge is 2.32. The third-order valence-corrected chi connectivity index (χ3v) is 5.05. The Balaban J connectivity index is 1.75.